The van der Waals surface area contributed by atoms with E-state index in [9.17, 15) is 14.4 Å². The van der Waals surface area contributed by atoms with Crippen molar-refractivity contribution in [3.05, 3.63) is 20.8 Å². The van der Waals surface area contributed by atoms with Gasteiger partial charge in [-0.3, -0.25) is 19.0 Å². The Hall–Kier alpha value is -1.87. The number of rotatable bonds is 4. The topological polar surface area (TPSA) is 98.3 Å². The number of hydrogen-bond donors (Lipinski definition) is 1. The summed E-state index contributed by atoms with van der Waals surface area (Å²) >= 11 is 2.88. The number of carbonyl (C=O) groups is 2. The molecule has 144 valence electrons. The monoisotopic (exact) mass is 406 g/mol. The van der Waals surface area contributed by atoms with Crippen LogP contribution in [0.4, 0.5) is 0 Å². The zero-order valence-corrected chi connectivity index (χ0v) is 16.8. The third-order valence-electron chi connectivity index (χ3n) is 5.41. The van der Waals surface area contributed by atoms with E-state index in [4.69, 9.17) is 5.73 Å². The summed E-state index contributed by atoms with van der Waals surface area (Å²) in [5, 5.41) is 1.32. The van der Waals surface area contributed by atoms with Crippen molar-refractivity contribution in [3.63, 3.8) is 0 Å². The van der Waals surface area contributed by atoms with Gasteiger partial charge in [0.2, 0.25) is 11.8 Å². The second-order valence-electron chi connectivity index (χ2n) is 7.17. The lowest BCUT2D eigenvalue weighted by Crippen LogP contribution is -2.44. The van der Waals surface area contributed by atoms with Gasteiger partial charge in [0.1, 0.15) is 4.83 Å². The maximum Gasteiger partial charge on any atom is 0.262 e. The molecule has 7 nitrogen and oxygen atoms in total. The molecule has 0 unspecified atom stereocenters. The van der Waals surface area contributed by atoms with Crippen molar-refractivity contribution < 1.29 is 9.59 Å². The van der Waals surface area contributed by atoms with Crippen molar-refractivity contribution >= 4 is 45.1 Å². The number of aryl methyl sites for hydroxylation is 2. The normalized spacial score (nSPS) is 19.4. The molecule has 2 amide bonds. The van der Waals surface area contributed by atoms with E-state index in [0.29, 0.717) is 18.2 Å². The fourth-order valence-electron chi connectivity index (χ4n) is 3.89. The zero-order chi connectivity index (χ0) is 19.1. The van der Waals surface area contributed by atoms with Crippen LogP contribution in [0.3, 0.4) is 0 Å². The molecule has 1 aliphatic carbocycles. The number of amides is 2. The van der Waals surface area contributed by atoms with Crippen LogP contribution in [0.5, 0.6) is 0 Å². The van der Waals surface area contributed by atoms with Crippen LogP contribution in [0.25, 0.3) is 10.2 Å². The lowest BCUT2D eigenvalue weighted by atomic mass is 9.97. The van der Waals surface area contributed by atoms with Gasteiger partial charge >= 0.3 is 0 Å². The molecule has 1 fully saturated rings. The molecule has 3 heterocycles. The van der Waals surface area contributed by atoms with Gasteiger partial charge in [-0.1, -0.05) is 11.8 Å². The second kappa shape index (κ2) is 7.27. The zero-order valence-electron chi connectivity index (χ0n) is 15.2. The Labute approximate surface area is 164 Å². The third-order valence-corrected chi connectivity index (χ3v) is 7.61. The number of likely N-dealkylation sites (tertiary alicyclic amines) is 1. The standard InChI is InChI=1S/C18H22N4O3S2/c1-21-17(25)14-11-5-2-6-12(11)27-16(14)20-18(21)26-9-13(23)22-7-3-4-10(8-22)15(19)24/h10H,2-9H2,1H3,(H2,19,24)/t10-/m0/s1. The molecule has 0 saturated carbocycles. The number of nitrogens with two attached hydrogens (primary N) is 1. The molecule has 0 radical (unpaired) electrons. The minimum Gasteiger partial charge on any atom is -0.369 e. The summed E-state index contributed by atoms with van der Waals surface area (Å²) in [5.41, 5.74) is 6.53. The molecule has 0 spiro atoms. The number of thioether (sulfide) groups is 1. The highest BCUT2D eigenvalue weighted by Gasteiger charge is 2.27. The molecule has 2 aromatic heterocycles. The molecular weight excluding hydrogens is 384 g/mol. The number of nitrogens with zero attached hydrogens (tertiary/aromatic N) is 3. The summed E-state index contributed by atoms with van der Waals surface area (Å²) in [7, 11) is 1.71. The molecule has 1 atom stereocenters. The largest absolute Gasteiger partial charge is 0.369 e. The van der Waals surface area contributed by atoms with E-state index in [1.54, 1.807) is 27.9 Å². The summed E-state index contributed by atoms with van der Waals surface area (Å²) in [6.07, 6.45) is 4.60. The number of carbonyl (C=O) groups excluding carboxylic acids is 2. The number of aromatic nitrogens is 2. The first-order valence-electron chi connectivity index (χ1n) is 9.17. The molecule has 2 aromatic rings. The van der Waals surface area contributed by atoms with E-state index in [1.807, 2.05) is 0 Å². The van der Waals surface area contributed by atoms with Crippen molar-refractivity contribution in [1.29, 1.82) is 0 Å². The van der Waals surface area contributed by atoms with Gasteiger partial charge in [0, 0.05) is 25.0 Å². The van der Waals surface area contributed by atoms with Crippen LogP contribution in [0.2, 0.25) is 0 Å². The lowest BCUT2D eigenvalue weighted by Gasteiger charge is -2.31. The first-order chi connectivity index (χ1) is 13.0. The predicted molar refractivity (Wildman–Crippen MR) is 106 cm³/mol. The summed E-state index contributed by atoms with van der Waals surface area (Å²) in [5.74, 6) is -0.461. The number of hydrogen-bond acceptors (Lipinski definition) is 6. The van der Waals surface area contributed by atoms with Crippen LogP contribution in [0.1, 0.15) is 29.7 Å². The molecule has 27 heavy (non-hydrogen) atoms. The van der Waals surface area contributed by atoms with E-state index >= 15 is 0 Å². The molecule has 4 rings (SSSR count). The number of primary amides is 1. The first kappa shape index (κ1) is 18.5. The Bertz CT molecular complexity index is 981. The first-order valence-corrected chi connectivity index (χ1v) is 11.0. The predicted octanol–water partition coefficient (Wildman–Crippen LogP) is 1.30. The van der Waals surface area contributed by atoms with Gasteiger partial charge in [-0.25, -0.2) is 4.98 Å². The number of fused-ring (bicyclic) bond motifs is 3. The Morgan fingerprint density at radius 2 is 2.15 bits per heavy atom. The van der Waals surface area contributed by atoms with E-state index < -0.39 is 0 Å². The summed E-state index contributed by atoms with van der Waals surface area (Å²) < 4.78 is 1.55. The fourth-order valence-corrected chi connectivity index (χ4v) is 6.07. The molecule has 1 aliphatic heterocycles. The van der Waals surface area contributed by atoms with Crippen molar-refractivity contribution in [1.82, 2.24) is 14.5 Å². The van der Waals surface area contributed by atoms with E-state index in [0.717, 1.165) is 42.3 Å². The van der Waals surface area contributed by atoms with Crippen LogP contribution in [-0.2, 0) is 29.5 Å². The van der Waals surface area contributed by atoms with Gasteiger partial charge in [-0.05, 0) is 37.7 Å². The van der Waals surface area contributed by atoms with Gasteiger partial charge in [0.25, 0.3) is 5.56 Å². The number of thiophene rings is 1. The Kier molecular flexibility index (Phi) is 4.98. The Balaban J connectivity index is 1.51. The molecule has 0 aromatic carbocycles. The highest BCUT2D eigenvalue weighted by atomic mass is 32.2. The molecule has 2 N–H and O–H groups in total. The van der Waals surface area contributed by atoms with Gasteiger partial charge in [-0.15, -0.1) is 11.3 Å². The van der Waals surface area contributed by atoms with E-state index in [2.05, 4.69) is 4.98 Å². The van der Waals surface area contributed by atoms with Crippen molar-refractivity contribution in [3.8, 4) is 0 Å². The molecule has 2 aliphatic rings. The average Bonchev–Trinajstić information content (AvgIpc) is 3.24. The quantitative estimate of drug-likeness (QED) is 0.610. The maximum atomic E-state index is 12.8. The Morgan fingerprint density at radius 1 is 1.33 bits per heavy atom. The number of piperidine rings is 1. The maximum absolute atomic E-state index is 12.8. The van der Waals surface area contributed by atoms with Crippen LogP contribution < -0.4 is 11.3 Å². The highest BCUT2D eigenvalue weighted by molar-refractivity contribution is 7.99. The third kappa shape index (κ3) is 3.38. The van der Waals surface area contributed by atoms with Crippen molar-refractivity contribution in [2.75, 3.05) is 18.8 Å². The summed E-state index contributed by atoms with van der Waals surface area (Å²) in [6.45, 7) is 1.03. The molecule has 1 saturated heterocycles. The SMILES string of the molecule is Cn1c(SCC(=O)N2CCC[C@H](C(N)=O)C2)nc2sc3c(c2c1=O)CCC3. The Morgan fingerprint density at radius 3 is 2.93 bits per heavy atom. The van der Waals surface area contributed by atoms with E-state index in [1.165, 1.54) is 22.2 Å². The van der Waals surface area contributed by atoms with Crippen molar-refractivity contribution in [2.45, 2.75) is 37.3 Å². The van der Waals surface area contributed by atoms with Crippen LogP contribution >= 0.6 is 23.1 Å². The van der Waals surface area contributed by atoms with Gasteiger partial charge in [0.15, 0.2) is 5.16 Å². The smallest absolute Gasteiger partial charge is 0.262 e. The van der Waals surface area contributed by atoms with Crippen molar-refractivity contribution in [2.24, 2.45) is 18.7 Å². The minimum atomic E-state index is -0.347. The average molecular weight is 407 g/mol. The summed E-state index contributed by atoms with van der Waals surface area (Å²) in [6, 6.07) is 0. The fraction of sp³-hybridized carbons (Fsp3) is 0.556. The van der Waals surface area contributed by atoms with Crippen LogP contribution in [0.15, 0.2) is 9.95 Å². The molecular formula is C18H22N4O3S2. The highest BCUT2D eigenvalue weighted by Crippen LogP contribution is 2.35. The molecule has 9 heteroatoms. The second-order valence-corrected chi connectivity index (χ2v) is 9.19. The lowest BCUT2D eigenvalue weighted by molar-refractivity contribution is -0.132. The van der Waals surface area contributed by atoms with E-state index in [-0.39, 0.29) is 29.0 Å². The van der Waals surface area contributed by atoms with Gasteiger partial charge in [-0.2, -0.15) is 0 Å². The minimum absolute atomic E-state index is 0.0267. The summed E-state index contributed by atoms with van der Waals surface area (Å²) in [4.78, 5) is 45.2. The van der Waals surface area contributed by atoms with Gasteiger partial charge in [0.05, 0.1) is 17.1 Å². The van der Waals surface area contributed by atoms with Crippen LogP contribution in [-0.4, -0.2) is 45.1 Å². The van der Waals surface area contributed by atoms with Crippen LogP contribution in [0, 0.1) is 5.92 Å². The van der Waals surface area contributed by atoms with Gasteiger partial charge < -0.3 is 10.6 Å². The molecule has 0 bridgehead atoms.